The van der Waals surface area contributed by atoms with Gasteiger partial charge in [0.15, 0.2) is 15.8 Å². The van der Waals surface area contributed by atoms with Crippen molar-refractivity contribution in [3.8, 4) is 0 Å². The lowest BCUT2D eigenvalue weighted by Crippen LogP contribution is -2.42. The first-order valence-electron chi connectivity index (χ1n) is 7.54. The average Bonchev–Trinajstić information content (AvgIpc) is 2.69. The molecule has 2 fully saturated rings. The number of nitrogens with two attached hydrogens (primary N) is 1. The molecule has 2 rings (SSSR count). The maximum Gasteiger partial charge on any atom is 0.191 e. The fourth-order valence-corrected chi connectivity index (χ4v) is 3.96. The quantitative estimate of drug-likeness (QED) is 0.402. The summed E-state index contributed by atoms with van der Waals surface area (Å²) in [6.07, 6.45) is 4.96. The van der Waals surface area contributed by atoms with E-state index in [9.17, 15) is 8.42 Å². The molecule has 2 saturated heterocycles. The Kier molecular flexibility index (Phi) is 8.25. The van der Waals surface area contributed by atoms with Crippen molar-refractivity contribution in [3.05, 3.63) is 0 Å². The molecule has 2 N–H and O–H groups in total. The SMILES string of the molecule is I.NC(=NCCN1CCS(=O)(=O)CC1)N1CCCCCC1. The molecule has 124 valence electrons. The number of hydrogen-bond donors (Lipinski definition) is 1. The van der Waals surface area contributed by atoms with E-state index in [0.29, 0.717) is 25.6 Å². The molecule has 0 saturated carbocycles. The maximum atomic E-state index is 11.3. The minimum Gasteiger partial charge on any atom is -0.370 e. The van der Waals surface area contributed by atoms with Crippen LogP contribution in [0.25, 0.3) is 0 Å². The molecular formula is C13H27IN4O2S. The fraction of sp³-hybridized carbons (Fsp3) is 0.923. The van der Waals surface area contributed by atoms with Gasteiger partial charge in [-0.15, -0.1) is 24.0 Å². The van der Waals surface area contributed by atoms with Gasteiger partial charge in [-0.2, -0.15) is 0 Å². The Morgan fingerprint density at radius 1 is 1.00 bits per heavy atom. The van der Waals surface area contributed by atoms with Crippen molar-refractivity contribution in [2.24, 2.45) is 10.7 Å². The van der Waals surface area contributed by atoms with E-state index in [2.05, 4.69) is 14.8 Å². The van der Waals surface area contributed by atoms with Gasteiger partial charge in [0, 0.05) is 32.7 Å². The lowest BCUT2D eigenvalue weighted by atomic mass is 10.2. The summed E-state index contributed by atoms with van der Waals surface area (Å²) in [4.78, 5) is 8.78. The molecule has 0 bridgehead atoms. The Balaban J connectivity index is 0.00000220. The fourth-order valence-electron chi connectivity index (χ4n) is 2.68. The highest BCUT2D eigenvalue weighted by molar-refractivity contribution is 14.0. The van der Waals surface area contributed by atoms with E-state index in [1.807, 2.05) is 0 Å². The number of nitrogens with zero attached hydrogens (tertiary/aromatic N) is 3. The van der Waals surface area contributed by atoms with Crippen molar-refractivity contribution in [3.63, 3.8) is 0 Å². The van der Waals surface area contributed by atoms with Crippen LogP contribution in [0.2, 0.25) is 0 Å². The van der Waals surface area contributed by atoms with E-state index in [4.69, 9.17) is 5.73 Å². The second kappa shape index (κ2) is 9.14. The molecular weight excluding hydrogens is 403 g/mol. The highest BCUT2D eigenvalue weighted by atomic mass is 127. The third-order valence-electron chi connectivity index (χ3n) is 4.06. The number of rotatable bonds is 3. The zero-order chi connectivity index (χ0) is 14.4. The van der Waals surface area contributed by atoms with E-state index < -0.39 is 9.84 Å². The van der Waals surface area contributed by atoms with Gasteiger partial charge in [-0.25, -0.2) is 8.42 Å². The van der Waals surface area contributed by atoms with Crippen molar-refractivity contribution < 1.29 is 8.42 Å². The van der Waals surface area contributed by atoms with Crippen LogP contribution < -0.4 is 5.73 Å². The average molecular weight is 430 g/mol. The van der Waals surface area contributed by atoms with Crippen LogP contribution in [0.15, 0.2) is 4.99 Å². The summed E-state index contributed by atoms with van der Waals surface area (Å²) in [7, 11) is -2.79. The summed E-state index contributed by atoms with van der Waals surface area (Å²) in [6, 6.07) is 0. The van der Waals surface area contributed by atoms with Crippen molar-refractivity contribution in [1.82, 2.24) is 9.80 Å². The van der Waals surface area contributed by atoms with Crippen molar-refractivity contribution in [1.29, 1.82) is 0 Å². The number of guanidine groups is 1. The molecule has 6 nitrogen and oxygen atoms in total. The van der Waals surface area contributed by atoms with E-state index >= 15 is 0 Å². The van der Waals surface area contributed by atoms with Crippen LogP contribution in [0, 0.1) is 0 Å². The first-order valence-corrected chi connectivity index (χ1v) is 9.37. The molecule has 0 aliphatic carbocycles. The van der Waals surface area contributed by atoms with Crippen LogP contribution in [0.4, 0.5) is 0 Å². The van der Waals surface area contributed by atoms with E-state index in [0.717, 1.165) is 19.6 Å². The van der Waals surface area contributed by atoms with Crippen molar-refractivity contribution in [2.45, 2.75) is 25.7 Å². The predicted octanol–water partition coefficient (Wildman–Crippen LogP) is 0.525. The maximum absolute atomic E-state index is 11.3. The van der Waals surface area contributed by atoms with Crippen molar-refractivity contribution in [2.75, 3.05) is 50.8 Å². The first kappa shape index (κ1) is 19.0. The molecule has 0 spiro atoms. The standard InChI is InChI=1S/C13H26N4O2S.HI/c14-13(17-6-3-1-2-4-7-17)15-5-8-16-9-11-20(18,19)12-10-16;/h1-12H2,(H2,14,15);1H. The summed E-state index contributed by atoms with van der Waals surface area (Å²) in [6.45, 7) is 4.73. The Morgan fingerprint density at radius 3 is 2.14 bits per heavy atom. The lowest BCUT2D eigenvalue weighted by Gasteiger charge is -2.26. The Hall–Kier alpha value is -0.0900. The molecule has 21 heavy (non-hydrogen) atoms. The van der Waals surface area contributed by atoms with Crippen LogP contribution >= 0.6 is 24.0 Å². The van der Waals surface area contributed by atoms with Gasteiger partial charge in [0.05, 0.1) is 18.1 Å². The zero-order valence-corrected chi connectivity index (χ0v) is 15.7. The van der Waals surface area contributed by atoms with Crippen LogP contribution in [0.3, 0.4) is 0 Å². The van der Waals surface area contributed by atoms with Gasteiger partial charge >= 0.3 is 0 Å². The summed E-state index contributed by atoms with van der Waals surface area (Å²) in [5, 5.41) is 0. The zero-order valence-electron chi connectivity index (χ0n) is 12.5. The lowest BCUT2D eigenvalue weighted by molar-refractivity contribution is 0.303. The number of hydrogen-bond acceptors (Lipinski definition) is 4. The first-order chi connectivity index (χ1) is 9.57. The minimum absolute atomic E-state index is 0. The third kappa shape index (κ3) is 6.68. The normalized spacial score (nSPS) is 24.2. The molecule has 0 amide bonds. The van der Waals surface area contributed by atoms with E-state index in [1.54, 1.807) is 0 Å². The van der Waals surface area contributed by atoms with Crippen molar-refractivity contribution >= 4 is 39.8 Å². The van der Waals surface area contributed by atoms with Crippen LogP contribution in [0.5, 0.6) is 0 Å². The smallest absolute Gasteiger partial charge is 0.191 e. The molecule has 8 heteroatoms. The summed E-state index contributed by atoms with van der Waals surface area (Å²) >= 11 is 0. The Bertz CT molecular complexity index is 419. The number of likely N-dealkylation sites (tertiary alicyclic amines) is 1. The van der Waals surface area contributed by atoms with E-state index in [1.165, 1.54) is 25.7 Å². The van der Waals surface area contributed by atoms with Gasteiger partial charge in [0.1, 0.15) is 0 Å². The highest BCUT2D eigenvalue weighted by Gasteiger charge is 2.20. The van der Waals surface area contributed by atoms with Crippen LogP contribution in [-0.2, 0) is 9.84 Å². The Labute approximate surface area is 145 Å². The minimum atomic E-state index is -2.79. The molecule has 0 atom stereocenters. The van der Waals surface area contributed by atoms with Gasteiger partial charge in [0.25, 0.3) is 0 Å². The summed E-state index contributed by atoms with van der Waals surface area (Å²) in [5.41, 5.74) is 6.04. The van der Waals surface area contributed by atoms with Crippen LogP contribution in [-0.4, -0.2) is 75.0 Å². The van der Waals surface area contributed by atoms with Crippen LogP contribution in [0.1, 0.15) is 25.7 Å². The molecule has 0 radical (unpaired) electrons. The molecule has 2 aliphatic heterocycles. The molecule has 0 aromatic carbocycles. The third-order valence-corrected chi connectivity index (χ3v) is 5.67. The number of halogens is 1. The predicted molar refractivity (Wildman–Crippen MR) is 97.0 cm³/mol. The van der Waals surface area contributed by atoms with Gasteiger partial charge in [-0.3, -0.25) is 9.89 Å². The topological polar surface area (TPSA) is 79.0 Å². The summed E-state index contributed by atoms with van der Waals surface area (Å²) in [5.74, 6) is 1.20. The number of aliphatic imine (C=N–C) groups is 1. The largest absolute Gasteiger partial charge is 0.370 e. The number of sulfone groups is 1. The molecule has 0 aromatic heterocycles. The molecule has 2 heterocycles. The van der Waals surface area contributed by atoms with Gasteiger partial charge in [-0.1, -0.05) is 12.8 Å². The van der Waals surface area contributed by atoms with E-state index in [-0.39, 0.29) is 35.5 Å². The second-order valence-electron chi connectivity index (χ2n) is 5.63. The molecule has 2 aliphatic rings. The van der Waals surface area contributed by atoms with Gasteiger partial charge < -0.3 is 10.6 Å². The summed E-state index contributed by atoms with van der Waals surface area (Å²) < 4.78 is 22.7. The molecule has 0 unspecified atom stereocenters. The monoisotopic (exact) mass is 430 g/mol. The molecule has 0 aromatic rings. The highest BCUT2D eigenvalue weighted by Crippen LogP contribution is 2.09. The van der Waals surface area contributed by atoms with Gasteiger partial charge in [0.2, 0.25) is 0 Å². The Morgan fingerprint density at radius 2 is 1.57 bits per heavy atom. The van der Waals surface area contributed by atoms with Gasteiger partial charge in [-0.05, 0) is 12.8 Å². The second-order valence-corrected chi connectivity index (χ2v) is 7.94.